The van der Waals surface area contributed by atoms with Crippen molar-refractivity contribution in [3.05, 3.63) is 179 Å². The van der Waals surface area contributed by atoms with E-state index in [1.165, 1.54) is 0 Å². The van der Waals surface area contributed by atoms with E-state index in [1.807, 2.05) is 60.7 Å². The van der Waals surface area contributed by atoms with Crippen molar-refractivity contribution < 1.29 is 57.0 Å². The van der Waals surface area contributed by atoms with Gasteiger partial charge < -0.3 is 42.6 Å². The molecule has 3 heterocycles. The van der Waals surface area contributed by atoms with Gasteiger partial charge in [-0.2, -0.15) is 0 Å². The zero-order valence-corrected chi connectivity index (χ0v) is 30.7. The predicted octanol–water partition coefficient (Wildman–Crippen LogP) is 6.63. The third-order valence-corrected chi connectivity index (χ3v) is 9.75. The fourth-order valence-corrected chi connectivity index (χ4v) is 6.86. The van der Waals surface area contributed by atoms with E-state index < -0.39 is 73.4 Å². The maximum atomic E-state index is 13.7. The fraction of sp³-hybridized carbons (Fsp3) is 0.267. The first kappa shape index (κ1) is 38.2. The second-order valence-electron chi connectivity index (χ2n) is 13.6. The Hall–Kier alpha value is -5.73. The minimum absolute atomic E-state index is 0.132. The van der Waals surface area contributed by atoms with Crippen LogP contribution in [0.4, 0.5) is 0 Å². The molecule has 0 spiro atoms. The summed E-state index contributed by atoms with van der Waals surface area (Å²) in [5, 5.41) is 0. The summed E-state index contributed by atoms with van der Waals surface area (Å²) in [6.45, 7) is -0.174. The SMILES string of the molecule is O=C(OC1COC(OCC2OC(c3ccccc3)OC3COC(c4ccccc4)OC32)C(OC(=O)c2ccccc2)C1OC(=O)c1ccccc1)c1ccccc1. The molecule has 0 aromatic heterocycles. The van der Waals surface area contributed by atoms with Gasteiger partial charge in [-0.05, 0) is 36.4 Å². The molecule has 0 N–H and O–H groups in total. The molecule has 5 aromatic rings. The van der Waals surface area contributed by atoms with E-state index in [9.17, 15) is 14.4 Å². The van der Waals surface area contributed by atoms with E-state index in [1.54, 1.807) is 91.0 Å². The Morgan fingerprint density at radius 3 is 1.51 bits per heavy atom. The number of carbonyl (C=O) groups is 3. The van der Waals surface area contributed by atoms with Crippen molar-refractivity contribution in [3.8, 4) is 0 Å². The number of carbonyl (C=O) groups excluding carboxylic acids is 3. The van der Waals surface area contributed by atoms with Crippen LogP contribution in [0.5, 0.6) is 0 Å². The van der Waals surface area contributed by atoms with Crippen LogP contribution in [0, 0.1) is 0 Å². The summed E-state index contributed by atoms with van der Waals surface area (Å²) in [6, 6.07) is 44.0. The molecule has 9 atom stereocenters. The van der Waals surface area contributed by atoms with E-state index in [4.69, 9.17) is 42.6 Å². The Kier molecular flexibility index (Phi) is 12.1. The quantitative estimate of drug-likeness (QED) is 0.105. The summed E-state index contributed by atoms with van der Waals surface area (Å²) >= 11 is 0. The van der Waals surface area contributed by atoms with E-state index in [-0.39, 0.29) is 36.5 Å². The Balaban J connectivity index is 1.09. The number of esters is 3. The lowest BCUT2D eigenvalue weighted by atomic mass is 10.0. The first-order chi connectivity index (χ1) is 28.0. The molecular formula is C45H40O12. The zero-order chi connectivity index (χ0) is 39.0. The standard InChI is InChI=1S/C45H40O12/c46-40(29-16-6-1-7-17-29)52-36-28-51-45(39(56-42(48)31-20-10-3-11-21-31)38(36)55-41(47)30-18-8-2-9-19-30)50-27-35-37-34(53-44(54-35)33-24-14-5-15-25-33)26-49-43(57-37)32-22-12-4-13-23-32/h1-25,34-39,43-45H,26-28H2. The van der Waals surface area contributed by atoms with Crippen LogP contribution in [0.3, 0.4) is 0 Å². The molecule has 0 radical (unpaired) electrons. The number of rotatable bonds is 11. The second kappa shape index (κ2) is 18.0. The summed E-state index contributed by atoms with van der Waals surface area (Å²) in [5.74, 6) is -2.15. The van der Waals surface area contributed by atoms with Gasteiger partial charge in [0.05, 0.1) is 36.5 Å². The molecule has 0 amide bonds. The molecule has 0 aliphatic carbocycles. The highest BCUT2D eigenvalue weighted by Gasteiger charge is 2.51. The van der Waals surface area contributed by atoms with Gasteiger partial charge in [0, 0.05) is 11.1 Å². The van der Waals surface area contributed by atoms with Crippen LogP contribution in [-0.4, -0.2) is 80.6 Å². The lowest BCUT2D eigenvalue weighted by molar-refractivity contribution is -0.373. The number of hydrogen-bond donors (Lipinski definition) is 0. The maximum absolute atomic E-state index is 13.7. The van der Waals surface area contributed by atoms with Crippen LogP contribution in [0.1, 0.15) is 54.8 Å². The molecule has 57 heavy (non-hydrogen) atoms. The zero-order valence-electron chi connectivity index (χ0n) is 30.7. The minimum atomic E-state index is -1.42. The van der Waals surface area contributed by atoms with Crippen LogP contribution in [0.15, 0.2) is 152 Å². The minimum Gasteiger partial charge on any atom is -0.452 e. The van der Waals surface area contributed by atoms with Crippen molar-refractivity contribution in [2.45, 2.75) is 55.5 Å². The number of fused-ring (bicyclic) bond motifs is 1. The number of hydrogen-bond acceptors (Lipinski definition) is 12. The van der Waals surface area contributed by atoms with Crippen LogP contribution >= 0.6 is 0 Å². The van der Waals surface area contributed by atoms with Gasteiger partial charge in [0.2, 0.25) is 0 Å². The third-order valence-electron chi connectivity index (χ3n) is 9.75. The van der Waals surface area contributed by atoms with Crippen molar-refractivity contribution in [2.75, 3.05) is 19.8 Å². The van der Waals surface area contributed by atoms with Crippen molar-refractivity contribution in [1.29, 1.82) is 0 Å². The van der Waals surface area contributed by atoms with Gasteiger partial charge in [0.1, 0.15) is 18.3 Å². The average Bonchev–Trinajstić information content (AvgIpc) is 3.28. The monoisotopic (exact) mass is 772 g/mol. The fourth-order valence-electron chi connectivity index (χ4n) is 6.86. The van der Waals surface area contributed by atoms with E-state index >= 15 is 0 Å². The van der Waals surface area contributed by atoms with Crippen molar-refractivity contribution in [2.24, 2.45) is 0 Å². The van der Waals surface area contributed by atoms with Gasteiger partial charge in [-0.25, -0.2) is 14.4 Å². The highest BCUT2D eigenvalue weighted by molar-refractivity contribution is 5.91. The Labute approximate surface area is 329 Å². The van der Waals surface area contributed by atoms with E-state index in [0.717, 1.165) is 11.1 Å². The van der Waals surface area contributed by atoms with Gasteiger partial charge in [-0.15, -0.1) is 0 Å². The molecule has 12 nitrogen and oxygen atoms in total. The molecule has 9 unspecified atom stereocenters. The Morgan fingerprint density at radius 1 is 0.491 bits per heavy atom. The summed E-state index contributed by atoms with van der Waals surface area (Å²) in [5.41, 5.74) is 2.35. The van der Waals surface area contributed by atoms with E-state index in [2.05, 4.69) is 0 Å². The Bertz CT molecular complexity index is 2070. The largest absolute Gasteiger partial charge is 0.452 e. The molecule has 5 aromatic carbocycles. The first-order valence-electron chi connectivity index (χ1n) is 18.7. The summed E-state index contributed by atoms with van der Waals surface area (Å²) in [7, 11) is 0. The molecular weight excluding hydrogens is 732 g/mol. The normalized spacial score (nSPS) is 27.0. The van der Waals surface area contributed by atoms with Gasteiger partial charge in [-0.1, -0.05) is 115 Å². The molecule has 3 aliphatic heterocycles. The van der Waals surface area contributed by atoms with Crippen molar-refractivity contribution in [1.82, 2.24) is 0 Å². The molecule has 0 saturated carbocycles. The van der Waals surface area contributed by atoms with Crippen molar-refractivity contribution >= 4 is 17.9 Å². The van der Waals surface area contributed by atoms with Crippen molar-refractivity contribution in [3.63, 3.8) is 0 Å². The molecule has 8 rings (SSSR count). The predicted molar refractivity (Wildman–Crippen MR) is 202 cm³/mol. The smallest absolute Gasteiger partial charge is 0.338 e. The van der Waals surface area contributed by atoms with Crippen LogP contribution < -0.4 is 0 Å². The van der Waals surface area contributed by atoms with E-state index in [0.29, 0.717) is 0 Å². The molecule has 12 heteroatoms. The van der Waals surface area contributed by atoms with Gasteiger partial charge in [0.25, 0.3) is 0 Å². The maximum Gasteiger partial charge on any atom is 0.338 e. The highest BCUT2D eigenvalue weighted by atomic mass is 16.8. The Morgan fingerprint density at radius 2 is 0.965 bits per heavy atom. The van der Waals surface area contributed by atoms with Gasteiger partial charge in [-0.3, -0.25) is 0 Å². The molecule has 3 saturated heterocycles. The van der Waals surface area contributed by atoms with Crippen LogP contribution in [0.2, 0.25) is 0 Å². The molecule has 0 bridgehead atoms. The molecule has 292 valence electrons. The first-order valence-corrected chi connectivity index (χ1v) is 18.7. The highest BCUT2D eigenvalue weighted by Crippen LogP contribution is 2.38. The second-order valence-corrected chi connectivity index (χ2v) is 13.6. The topological polar surface area (TPSA) is 134 Å². The summed E-state index contributed by atoms with van der Waals surface area (Å²) in [4.78, 5) is 40.8. The van der Waals surface area contributed by atoms with Crippen LogP contribution in [-0.2, 0) is 42.6 Å². The lowest BCUT2D eigenvalue weighted by Crippen LogP contribution is -2.60. The number of benzene rings is 5. The summed E-state index contributed by atoms with van der Waals surface area (Å²) < 4.78 is 56.2. The van der Waals surface area contributed by atoms with Gasteiger partial charge in [0.15, 0.2) is 37.2 Å². The molecule has 3 aliphatic rings. The average molecular weight is 773 g/mol. The van der Waals surface area contributed by atoms with Gasteiger partial charge >= 0.3 is 17.9 Å². The third kappa shape index (κ3) is 9.13. The lowest BCUT2D eigenvalue weighted by Gasteiger charge is -2.46. The summed E-state index contributed by atoms with van der Waals surface area (Å²) in [6.07, 6.45) is -8.68. The van der Waals surface area contributed by atoms with Crippen LogP contribution in [0.25, 0.3) is 0 Å². The molecule has 3 fully saturated rings. The number of ether oxygens (including phenoxy) is 9.